The van der Waals surface area contributed by atoms with Crippen LogP contribution in [0.1, 0.15) is 11.7 Å². The number of aliphatic hydroxyl groups is 1. The standard InChI is InChI=1S/C14H18N2O2/c1-18-9-8-15-10-13(17)12-6-2-4-11-5-3-7-16-14(11)12/h2-7,13,15,17H,8-10H2,1H3. The molecule has 0 radical (unpaired) electrons. The van der Waals surface area contributed by atoms with Gasteiger partial charge in [-0.1, -0.05) is 24.3 Å². The summed E-state index contributed by atoms with van der Waals surface area (Å²) < 4.78 is 4.94. The average Bonchev–Trinajstić information content (AvgIpc) is 2.43. The molecule has 2 rings (SSSR count). The second-order valence-electron chi connectivity index (χ2n) is 4.14. The zero-order valence-corrected chi connectivity index (χ0v) is 10.5. The SMILES string of the molecule is COCCNCC(O)c1cccc2cccnc12. The van der Waals surface area contributed by atoms with Crippen molar-refractivity contribution in [2.24, 2.45) is 0 Å². The van der Waals surface area contributed by atoms with E-state index < -0.39 is 6.10 Å². The van der Waals surface area contributed by atoms with Crippen LogP contribution in [0.15, 0.2) is 36.5 Å². The number of hydrogen-bond donors (Lipinski definition) is 2. The molecule has 0 saturated heterocycles. The van der Waals surface area contributed by atoms with Crippen LogP contribution < -0.4 is 5.32 Å². The number of rotatable bonds is 6. The summed E-state index contributed by atoms with van der Waals surface area (Å²) >= 11 is 0. The van der Waals surface area contributed by atoms with Crippen molar-refractivity contribution in [2.45, 2.75) is 6.10 Å². The third kappa shape index (κ3) is 3.04. The van der Waals surface area contributed by atoms with Gasteiger partial charge in [0.25, 0.3) is 0 Å². The van der Waals surface area contributed by atoms with Gasteiger partial charge < -0.3 is 15.2 Å². The lowest BCUT2D eigenvalue weighted by Gasteiger charge is -2.13. The number of methoxy groups -OCH3 is 1. The smallest absolute Gasteiger partial charge is 0.0935 e. The Balaban J connectivity index is 2.10. The molecule has 0 aliphatic heterocycles. The van der Waals surface area contributed by atoms with Gasteiger partial charge in [0.15, 0.2) is 0 Å². The molecule has 0 amide bonds. The van der Waals surface area contributed by atoms with Crippen molar-refractivity contribution in [3.8, 4) is 0 Å². The highest BCUT2D eigenvalue weighted by Gasteiger charge is 2.11. The van der Waals surface area contributed by atoms with E-state index in [0.717, 1.165) is 23.0 Å². The number of pyridine rings is 1. The van der Waals surface area contributed by atoms with Gasteiger partial charge in [-0.3, -0.25) is 4.98 Å². The van der Waals surface area contributed by atoms with Crippen LogP contribution in [0.3, 0.4) is 0 Å². The highest BCUT2D eigenvalue weighted by atomic mass is 16.5. The van der Waals surface area contributed by atoms with Crippen molar-refractivity contribution >= 4 is 10.9 Å². The van der Waals surface area contributed by atoms with Gasteiger partial charge in [-0.2, -0.15) is 0 Å². The van der Waals surface area contributed by atoms with E-state index in [0.29, 0.717) is 13.2 Å². The molecule has 0 saturated carbocycles. The van der Waals surface area contributed by atoms with E-state index in [2.05, 4.69) is 10.3 Å². The Bertz CT molecular complexity index is 497. The maximum atomic E-state index is 10.2. The maximum Gasteiger partial charge on any atom is 0.0935 e. The Morgan fingerprint density at radius 2 is 2.17 bits per heavy atom. The fraction of sp³-hybridized carbons (Fsp3) is 0.357. The molecule has 4 nitrogen and oxygen atoms in total. The van der Waals surface area contributed by atoms with E-state index in [-0.39, 0.29) is 0 Å². The molecular weight excluding hydrogens is 228 g/mol. The number of aromatic nitrogens is 1. The second-order valence-corrected chi connectivity index (χ2v) is 4.14. The highest BCUT2D eigenvalue weighted by molar-refractivity contribution is 5.81. The molecule has 1 atom stereocenters. The molecule has 1 unspecified atom stereocenters. The second kappa shape index (κ2) is 6.44. The Morgan fingerprint density at radius 1 is 1.33 bits per heavy atom. The molecule has 0 bridgehead atoms. The largest absolute Gasteiger partial charge is 0.387 e. The normalized spacial score (nSPS) is 12.8. The van der Waals surface area contributed by atoms with Crippen LogP contribution in [0.4, 0.5) is 0 Å². The lowest BCUT2D eigenvalue weighted by atomic mass is 10.0. The monoisotopic (exact) mass is 246 g/mol. The molecule has 0 aliphatic rings. The number of hydrogen-bond acceptors (Lipinski definition) is 4. The van der Waals surface area contributed by atoms with Gasteiger partial charge in [0.05, 0.1) is 18.2 Å². The summed E-state index contributed by atoms with van der Waals surface area (Å²) in [5.74, 6) is 0. The lowest BCUT2D eigenvalue weighted by molar-refractivity contribution is 0.162. The average molecular weight is 246 g/mol. The maximum absolute atomic E-state index is 10.2. The molecule has 0 aliphatic carbocycles. The predicted octanol–water partition coefficient (Wildman–Crippen LogP) is 1.50. The van der Waals surface area contributed by atoms with E-state index >= 15 is 0 Å². The summed E-state index contributed by atoms with van der Waals surface area (Å²) in [6, 6.07) is 9.75. The molecule has 1 aromatic carbocycles. The lowest BCUT2D eigenvalue weighted by Crippen LogP contribution is -2.25. The number of aliphatic hydroxyl groups excluding tert-OH is 1. The number of nitrogens with one attached hydrogen (secondary N) is 1. The van der Waals surface area contributed by atoms with E-state index in [1.165, 1.54) is 0 Å². The van der Waals surface area contributed by atoms with Crippen molar-refractivity contribution in [3.63, 3.8) is 0 Å². The minimum absolute atomic E-state index is 0.499. The summed E-state index contributed by atoms with van der Waals surface area (Å²) in [6.07, 6.45) is 1.19. The molecule has 0 fully saturated rings. The third-order valence-corrected chi connectivity index (χ3v) is 2.84. The molecule has 0 spiro atoms. The number of benzene rings is 1. The highest BCUT2D eigenvalue weighted by Crippen LogP contribution is 2.21. The van der Waals surface area contributed by atoms with Gasteiger partial charge in [-0.25, -0.2) is 0 Å². The van der Waals surface area contributed by atoms with Crippen LogP contribution in [0.2, 0.25) is 0 Å². The van der Waals surface area contributed by atoms with Crippen molar-refractivity contribution in [1.82, 2.24) is 10.3 Å². The molecule has 2 aromatic rings. The van der Waals surface area contributed by atoms with Gasteiger partial charge in [0.1, 0.15) is 0 Å². The summed E-state index contributed by atoms with van der Waals surface area (Å²) in [6.45, 7) is 1.87. The van der Waals surface area contributed by atoms with Crippen LogP contribution in [-0.2, 0) is 4.74 Å². The van der Waals surface area contributed by atoms with Gasteiger partial charge >= 0.3 is 0 Å². The molecule has 18 heavy (non-hydrogen) atoms. The van der Waals surface area contributed by atoms with Crippen molar-refractivity contribution in [1.29, 1.82) is 0 Å². The molecular formula is C14H18N2O2. The van der Waals surface area contributed by atoms with E-state index in [1.54, 1.807) is 13.3 Å². The van der Waals surface area contributed by atoms with E-state index in [4.69, 9.17) is 4.74 Å². The summed E-state index contributed by atoms with van der Waals surface area (Å²) in [4.78, 5) is 4.33. The van der Waals surface area contributed by atoms with Gasteiger partial charge in [-0.15, -0.1) is 0 Å². The molecule has 4 heteroatoms. The first-order valence-corrected chi connectivity index (χ1v) is 6.04. The summed E-state index contributed by atoms with van der Waals surface area (Å²) in [5, 5.41) is 14.4. The van der Waals surface area contributed by atoms with Crippen molar-refractivity contribution in [2.75, 3.05) is 26.8 Å². The minimum atomic E-state index is -0.555. The van der Waals surface area contributed by atoms with E-state index in [9.17, 15) is 5.11 Å². The Labute approximate surface area is 107 Å². The number of nitrogens with zero attached hydrogens (tertiary/aromatic N) is 1. The first-order chi connectivity index (χ1) is 8.83. The quantitative estimate of drug-likeness (QED) is 0.758. The first kappa shape index (κ1) is 13.0. The summed E-state index contributed by atoms with van der Waals surface area (Å²) in [5.41, 5.74) is 1.72. The van der Waals surface area contributed by atoms with Gasteiger partial charge in [-0.05, 0) is 6.07 Å². The number of fused-ring (bicyclic) bond motifs is 1. The third-order valence-electron chi connectivity index (χ3n) is 2.84. The Morgan fingerprint density at radius 3 is 3.00 bits per heavy atom. The van der Waals surface area contributed by atoms with Crippen LogP contribution in [0.5, 0.6) is 0 Å². The Hall–Kier alpha value is -1.49. The predicted molar refractivity (Wildman–Crippen MR) is 71.4 cm³/mol. The van der Waals surface area contributed by atoms with Gasteiger partial charge in [0, 0.05) is 37.3 Å². The van der Waals surface area contributed by atoms with Crippen molar-refractivity contribution < 1.29 is 9.84 Å². The number of para-hydroxylation sites is 1. The zero-order valence-electron chi connectivity index (χ0n) is 10.5. The summed E-state index contributed by atoms with van der Waals surface area (Å²) in [7, 11) is 1.66. The fourth-order valence-electron chi connectivity index (χ4n) is 1.92. The van der Waals surface area contributed by atoms with Crippen molar-refractivity contribution in [3.05, 3.63) is 42.1 Å². The Kier molecular flexibility index (Phi) is 4.64. The van der Waals surface area contributed by atoms with Gasteiger partial charge in [0.2, 0.25) is 0 Å². The van der Waals surface area contributed by atoms with E-state index in [1.807, 2.05) is 30.3 Å². The fourth-order valence-corrected chi connectivity index (χ4v) is 1.92. The molecule has 1 heterocycles. The molecule has 96 valence electrons. The minimum Gasteiger partial charge on any atom is -0.387 e. The topological polar surface area (TPSA) is 54.4 Å². The first-order valence-electron chi connectivity index (χ1n) is 6.04. The number of ether oxygens (including phenoxy) is 1. The van der Waals surface area contributed by atoms with Crippen LogP contribution >= 0.6 is 0 Å². The zero-order chi connectivity index (χ0) is 12.8. The van der Waals surface area contributed by atoms with Crippen LogP contribution in [0.25, 0.3) is 10.9 Å². The van der Waals surface area contributed by atoms with Crippen LogP contribution in [0, 0.1) is 0 Å². The molecule has 2 N–H and O–H groups in total. The molecule has 1 aromatic heterocycles. The van der Waals surface area contributed by atoms with Crippen LogP contribution in [-0.4, -0.2) is 36.9 Å².